The SMILES string of the molecule is CCNC(C)c1cnc(-c2cnn(C)c2C)s1. The molecule has 2 aromatic rings. The van der Waals surface area contributed by atoms with E-state index in [0.717, 1.165) is 22.8 Å². The topological polar surface area (TPSA) is 42.7 Å². The molecule has 0 radical (unpaired) electrons. The van der Waals surface area contributed by atoms with Gasteiger partial charge in [-0.2, -0.15) is 5.10 Å². The summed E-state index contributed by atoms with van der Waals surface area (Å²) in [5.74, 6) is 0. The molecule has 0 amide bonds. The Hall–Kier alpha value is -1.20. The van der Waals surface area contributed by atoms with E-state index in [-0.39, 0.29) is 0 Å². The lowest BCUT2D eigenvalue weighted by molar-refractivity contribution is 0.606. The molecule has 5 heteroatoms. The third kappa shape index (κ3) is 2.40. The summed E-state index contributed by atoms with van der Waals surface area (Å²) in [5.41, 5.74) is 2.29. The van der Waals surface area contributed by atoms with E-state index < -0.39 is 0 Å². The molecule has 1 atom stereocenters. The predicted octanol–water partition coefficient (Wildman–Crippen LogP) is 2.52. The second kappa shape index (κ2) is 4.98. The highest BCUT2D eigenvalue weighted by molar-refractivity contribution is 7.15. The molecule has 4 nitrogen and oxygen atoms in total. The molecule has 0 aliphatic rings. The lowest BCUT2D eigenvalue weighted by atomic mass is 10.3. The Morgan fingerprint density at radius 2 is 2.24 bits per heavy atom. The molecule has 0 fully saturated rings. The minimum atomic E-state index is 0.364. The first-order valence-corrected chi connectivity index (χ1v) is 6.63. The van der Waals surface area contributed by atoms with Gasteiger partial charge in [-0.3, -0.25) is 4.68 Å². The smallest absolute Gasteiger partial charge is 0.127 e. The maximum Gasteiger partial charge on any atom is 0.127 e. The predicted molar refractivity (Wildman–Crippen MR) is 71.1 cm³/mol. The number of hydrogen-bond acceptors (Lipinski definition) is 4. The molecule has 0 saturated heterocycles. The van der Waals surface area contributed by atoms with Crippen molar-refractivity contribution < 1.29 is 0 Å². The van der Waals surface area contributed by atoms with Gasteiger partial charge in [0.15, 0.2) is 0 Å². The second-order valence-electron chi connectivity index (χ2n) is 4.11. The number of hydrogen-bond donors (Lipinski definition) is 1. The fraction of sp³-hybridized carbons (Fsp3) is 0.500. The van der Waals surface area contributed by atoms with E-state index in [9.17, 15) is 0 Å². The monoisotopic (exact) mass is 250 g/mol. The van der Waals surface area contributed by atoms with Crippen LogP contribution in [0.4, 0.5) is 0 Å². The van der Waals surface area contributed by atoms with E-state index >= 15 is 0 Å². The average Bonchev–Trinajstić information content (AvgIpc) is 2.88. The molecule has 1 N–H and O–H groups in total. The van der Waals surface area contributed by atoms with Crippen molar-refractivity contribution in [2.75, 3.05) is 6.54 Å². The van der Waals surface area contributed by atoms with Crippen LogP contribution in [-0.4, -0.2) is 21.3 Å². The molecule has 17 heavy (non-hydrogen) atoms. The summed E-state index contributed by atoms with van der Waals surface area (Å²) < 4.78 is 1.88. The zero-order valence-electron chi connectivity index (χ0n) is 10.7. The quantitative estimate of drug-likeness (QED) is 0.906. The number of nitrogens with one attached hydrogen (secondary N) is 1. The summed E-state index contributed by atoms with van der Waals surface area (Å²) in [6, 6.07) is 0.364. The highest BCUT2D eigenvalue weighted by Crippen LogP contribution is 2.30. The minimum Gasteiger partial charge on any atom is -0.310 e. The van der Waals surface area contributed by atoms with E-state index in [2.05, 4.69) is 36.2 Å². The molecular formula is C12H18N4S. The summed E-state index contributed by atoms with van der Waals surface area (Å²) in [6.45, 7) is 7.32. The Kier molecular flexibility index (Phi) is 3.59. The Morgan fingerprint density at radius 1 is 1.47 bits per heavy atom. The first-order chi connectivity index (χ1) is 8.13. The van der Waals surface area contributed by atoms with Gasteiger partial charge in [0.1, 0.15) is 5.01 Å². The van der Waals surface area contributed by atoms with Gasteiger partial charge in [-0.15, -0.1) is 11.3 Å². The molecule has 2 aromatic heterocycles. The standard InChI is InChI=1S/C12H18N4S/c1-5-13-8(2)11-7-14-12(17-11)10-6-15-16(4)9(10)3/h6-8,13H,5H2,1-4H3. The first-order valence-electron chi connectivity index (χ1n) is 5.81. The number of thiazole rings is 1. The largest absolute Gasteiger partial charge is 0.310 e. The normalized spacial score (nSPS) is 12.9. The van der Waals surface area contributed by atoms with Gasteiger partial charge in [-0.05, 0) is 20.4 Å². The molecular weight excluding hydrogens is 232 g/mol. The molecule has 0 aromatic carbocycles. The van der Waals surface area contributed by atoms with Crippen LogP contribution in [0.5, 0.6) is 0 Å². The van der Waals surface area contributed by atoms with Gasteiger partial charge in [0, 0.05) is 29.9 Å². The van der Waals surface area contributed by atoms with Crippen LogP contribution in [0.15, 0.2) is 12.4 Å². The van der Waals surface area contributed by atoms with Crippen molar-refractivity contribution in [1.29, 1.82) is 0 Å². The third-order valence-corrected chi connectivity index (χ3v) is 4.14. The number of nitrogens with zero attached hydrogens (tertiary/aromatic N) is 3. The van der Waals surface area contributed by atoms with Gasteiger partial charge in [0.2, 0.25) is 0 Å². The van der Waals surface area contributed by atoms with Gasteiger partial charge < -0.3 is 5.32 Å². The summed E-state index contributed by atoms with van der Waals surface area (Å²) in [5, 5.41) is 8.70. The maximum atomic E-state index is 4.49. The van der Waals surface area contributed by atoms with Gasteiger partial charge in [-0.1, -0.05) is 6.92 Å². The lowest BCUT2D eigenvalue weighted by Crippen LogP contribution is -2.16. The Balaban J connectivity index is 2.27. The maximum absolute atomic E-state index is 4.49. The Morgan fingerprint density at radius 3 is 2.82 bits per heavy atom. The van der Waals surface area contributed by atoms with Crippen molar-refractivity contribution in [2.24, 2.45) is 7.05 Å². The van der Waals surface area contributed by atoms with E-state index in [1.165, 1.54) is 4.88 Å². The van der Waals surface area contributed by atoms with E-state index in [0.29, 0.717) is 6.04 Å². The zero-order chi connectivity index (χ0) is 12.4. The van der Waals surface area contributed by atoms with Crippen LogP contribution in [0.2, 0.25) is 0 Å². The van der Waals surface area contributed by atoms with Crippen LogP contribution in [0, 0.1) is 6.92 Å². The highest BCUT2D eigenvalue weighted by atomic mass is 32.1. The van der Waals surface area contributed by atoms with Crippen LogP contribution in [-0.2, 0) is 7.05 Å². The van der Waals surface area contributed by atoms with Gasteiger partial charge in [0.05, 0.1) is 11.8 Å². The van der Waals surface area contributed by atoms with Gasteiger partial charge >= 0.3 is 0 Å². The number of aryl methyl sites for hydroxylation is 1. The van der Waals surface area contributed by atoms with Crippen molar-refractivity contribution in [3.63, 3.8) is 0 Å². The van der Waals surface area contributed by atoms with Crippen LogP contribution in [0.3, 0.4) is 0 Å². The fourth-order valence-corrected chi connectivity index (χ4v) is 2.73. The molecule has 92 valence electrons. The Bertz CT molecular complexity index is 500. The van der Waals surface area contributed by atoms with Crippen LogP contribution in [0.1, 0.15) is 30.5 Å². The van der Waals surface area contributed by atoms with Crippen molar-refractivity contribution in [3.8, 4) is 10.6 Å². The number of aromatic nitrogens is 3. The summed E-state index contributed by atoms with van der Waals surface area (Å²) in [4.78, 5) is 5.76. The van der Waals surface area contributed by atoms with Crippen LogP contribution in [0.25, 0.3) is 10.6 Å². The Labute approximate surface area is 106 Å². The number of rotatable bonds is 4. The summed E-state index contributed by atoms with van der Waals surface area (Å²) >= 11 is 1.73. The first kappa shape index (κ1) is 12.3. The van der Waals surface area contributed by atoms with Crippen LogP contribution >= 0.6 is 11.3 Å². The molecule has 0 aliphatic carbocycles. The summed E-state index contributed by atoms with van der Waals surface area (Å²) in [7, 11) is 1.95. The van der Waals surface area contributed by atoms with Crippen molar-refractivity contribution >= 4 is 11.3 Å². The molecule has 0 spiro atoms. The van der Waals surface area contributed by atoms with Gasteiger partial charge in [0.25, 0.3) is 0 Å². The fourth-order valence-electron chi connectivity index (χ4n) is 1.73. The second-order valence-corrected chi connectivity index (χ2v) is 5.18. The molecule has 1 unspecified atom stereocenters. The molecule has 2 heterocycles. The zero-order valence-corrected chi connectivity index (χ0v) is 11.5. The summed E-state index contributed by atoms with van der Waals surface area (Å²) in [6.07, 6.45) is 3.84. The molecule has 0 bridgehead atoms. The van der Waals surface area contributed by atoms with E-state index in [4.69, 9.17) is 0 Å². The van der Waals surface area contributed by atoms with Crippen molar-refractivity contribution in [2.45, 2.75) is 26.8 Å². The van der Waals surface area contributed by atoms with E-state index in [1.54, 1.807) is 11.3 Å². The highest BCUT2D eigenvalue weighted by Gasteiger charge is 2.13. The van der Waals surface area contributed by atoms with Crippen LogP contribution < -0.4 is 5.32 Å². The van der Waals surface area contributed by atoms with E-state index in [1.807, 2.05) is 24.1 Å². The molecule has 2 rings (SSSR count). The van der Waals surface area contributed by atoms with Gasteiger partial charge in [-0.25, -0.2) is 4.98 Å². The lowest BCUT2D eigenvalue weighted by Gasteiger charge is -2.08. The van der Waals surface area contributed by atoms with Crippen molar-refractivity contribution in [1.82, 2.24) is 20.1 Å². The van der Waals surface area contributed by atoms with Crippen molar-refractivity contribution in [3.05, 3.63) is 23.0 Å². The third-order valence-electron chi connectivity index (χ3n) is 2.93. The minimum absolute atomic E-state index is 0.364. The molecule has 0 saturated carbocycles. The average molecular weight is 250 g/mol. The molecule has 0 aliphatic heterocycles.